The Hall–Kier alpha value is -3.27. The van der Waals surface area contributed by atoms with Gasteiger partial charge in [-0.3, -0.25) is 14.5 Å². The summed E-state index contributed by atoms with van der Waals surface area (Å²) in [5.41, 5.74) is 0.985. The quantitative estimate of drug-likeness (QED) is 0.652. The van der Waals surface area contributed by atoms with E-state index in [1.807, 2.05) is 0 Å². The summed E-state index contributed by atoms with van der Waals surface area (Å²) in [6.45, 7) is 3.24. The van der Waals surface area contributed by atoms with Crippen LogP contribution in [0.3, 0.4) is 0 Å². The molecule has 164 valence electrons. The molecule has 1 atom stereocenters. The van der Waals surface area contributed by atoms with Gasteiger partial charge >= 0.3 is 5.97 Å². The van der Waals surface area contributed by atoms with Crippen molar-refractivity contribution >= 4 is 27.7 Å². The van der Waals surface area contributed by atoms with Crippen LogP contribution in [-0.2, 0) is 30.9 Å². The summed E-state index contributed by atoms with van der Waals surface area (Å²) in [6.07, 6.45) is 0. The molecule has 0 saturated carbocycles. The third-order valence-corrected chi connectivity index (χ3v) is 6.06. The number of ether oxygens (including phenoxy) is 1. The van der Waals surface area contributed by atoms with Crippen LogP contribution in [0.15, 0.2) is 58.4 Å². The smallest absolute Gasteiger partial charge is 0.331 e. The van der Waals surface area contributed by atoms with Gasteiger partial charge in [-0.1, -0.05) is 24.3 Å². The fourth-order valence-corrected chi connectivity index (χ4v) is 4.29. The number of esters is 1. The standard InChI is InChI=1S/C21H22FN3O5S/c1-3-25(12-15-7-6-8-16(22)11-15)19(26)13-30-21(27)14(2)23-20-17-9-4-5-10-18(17)31(28,29)24-20/h4-11,14H,3,12-13H2,1-2H3,(H,23,24)/t14-/m0/s1. The third kappa shape index (κ3) is 5.26. The van der Waals surface area contributed by atoms with E-state index < -0.39 is 40.4 Å². The Kier molecular flexibility index (Phi) is 6.69. The molecule has 1 amide bonds. The maximum atomic E-state index is 13.3. The molecule has 0 saturated heterocycles. The Morgan fingerprint density at radius 2 is 1.94 bits per heavy atom. The predicted molar refractivity (Wildman–Crippen MR) is 111 cm³/mol. The first kappa shape index (κ1) is 22.4. The normalized spacial score (nSPS) is 16.3. The monoisotopic (exact) mass is 447 g/mol. The first-order valence-electron chi connectivity index (χ1n) is 9.60. The van der Waals surface area contributed by atoms with Crippen LogP contribution in [0.4, 0.5) is 4.39 Å². The van der Waals surface area contributed by atoms with Crippen LogP contribution in [0.5, 0.6) is 0 Å². The Bertz CT molecular complexity index is 1130. The predicted octanol–water partition coefficient (Wildman–Crippen LogP) is 1.84. The van der Waals surface area contributed by atoms with E-state index in [4.69, 9.17) is 4.74 Å². The summed E-state index contributed by atoms with van der Waals surface area (Å²) < 4.78 is 45.0. The first-order valence-corrected chi connectivity index (χ1v) is 11.1. The van der Waals surface area contributed by atoms with Gasteiger partial charge in [0, 0.05) is 18.7 Å². The van der Waals surface area contributed by atoms with Gasteiger partial charge in [-0.25, -0.2) is 17.6 Å². The van der Waals surface area contributed by atoms with Gasteiger partial charge in [0.05, 0.1) is 4.90 Å². The summed E-state index contributed by atoms with van der Waals surface area (Å²) in [5.74, 6) is -1.56. The van der Waals surface area contributed by atoms with E-state index in [0.29, 0.717) is 17.7 Å². The van der Waals surface area contributed by atoms with Crippen molar-refractivity contribution < 1.29 is 27.1 Å². The maximum absolute atomic E-state index is 13.3. The van der Waals surface area contributed by atoms with Crippen LogP contribution in [-0.4, -0.2) is 50.2 Å². The average molecular weight is 447 g/mol. The number of carbonyl (C=O) groups excluding carboxylic acids is 2. The number of aliphatic imine (C=N–C) groups is 1. The highest BCUT2D eigenvalue weighted by molar-refractivity contribution is 7.90. The number of amides is 1. The lowest BCUT2D eigenvalue weighted by Gasteiger charge is -2.21. The van der Waals surface area contributed by atoms with Gasteiger partial charge in [-0.15, -0.1) is 0 Å². The van der Waals surface area contributed by atoms with E-state index in [9.17, 15) is 22.4 Å². The number of benzene rings is 2. The zero-order valence-electron chi connectivity index (χ0n) is 17.0. The van der Waals surface area contributed by atoms with Crippen molar-refractivity contribution in [1.29, 1.82) is 0 Å². The lowest BCUT2D eigenvalue weighted by Crippen LogP contribution is -2.35. The molecule has 10 heteroatoms. The van der Waals surface area contributed by atoms with Crippen LogP contribution in [0.2, 0.25) is 0 Å². The molecule has 2 aromatic rings. The average Bonchev–Trinajstić information content (AvgIpc) is 3.00. The van der Waals surface area contributed by atoms with Crippen LogP contribution in [0.25, 0.3) is 0 Å². The van der Waals surface area contributed by atoms with E-state index in [0.717, 1.165) is 0 Å². The summed E-state index contributed by atoms with van der Waals surface area (Å²) in [4.78, 5) is 30.3. The fourth-order valence-electron chi connectivity index (χ4n) is 3.05. The van der Waals surface area contributed by atoms with Gasteiger partial charge < -0.3 is 9.64 Å². The molecule has 1 aliphatic heterocycles. The van der Waals surface area contributed by atoms with Crippen LogP contribution in [0.1, 0.15) is 25.0 Å². The van der Waals surface area contributed by atoms with Gasteiger partial charge in [0.25, 0.3) is 15.9 Å². The molecule has 0 aromatic heterocycles. The zero-order chi connectivity index (χ0) is 22.6. The minimum absolute atomic E-state index is 0.0488. The maximum Gasteiger partial charge on any atom is 0.331 e. The Labute approximate surface area is 179 Å². The Morgan fingerprint density at radius 3 is 2.65 bits per heavy atom. The van der Waals surface area contributed by atoms with Gasteiger partial charge in [-0.2, -0.15) is 0 Å². The molecule has 0 spiro atoms. The highest BCUT2D eigenvalue weighted by Gasteiger charge is 2.31. The van der Waals surface area contributed by atoms with E-state index in [-0.39, 0.29) is 17.3 Å². The van der Waals surface area contributed by atoms with Crippen LogP contribution in [0, 0.1) is 5.82 Å². The molecule has 0 radical (unpaired) electrons. The molecule has 0 unspecified atom stereocenters. The van der Waals surface area contributed by atoms with E-state index >= 15 is 0 Å². The topological polar surface area (TPSA) is 105 Å². The van der Waals surface area contributed by atoms with Gasteiger partial charge in [0.1, 0.15) is 17.7 Å². The summed E-state index contributed by atoms with van der Waals surface area (Å²) in [6, 6.07) is 11.1. The number of hydrogen-bond acceptors (Lipinski definition) is 6. The summed E-state index contributed by atoms with van der Waals surface area (Å²) >= 11 is 0. The van der Waals surface area contributed by atoms with E-state index in [1.54, 1.807) is 37.3 Å². The fraction of sp³-hybridized carbons (Fsp3) is 0.286. The molecular weight excluding hydrogens is 425 g/mol. The van der Waals surface area contributed by atoms with Crippen LogP contribution < -0.4 is 4.72 Å². The minimum Gasteiger partial charge on any atom is -0.454 e. The van der Waals surface area contributed by atoms with Crippen molar-refractivity contribution in [2.24, 2.45) is 4.99 Å². The molecule has 0 aliphatic carbocycles. The molecule has 2 aromatic carbocycles. The van der Waals surface area contributed by atoms with E-state index in [2.05, 4.69) is 9.71 Å². The summed E-state index contributed by atoms with van der Waals surface area (Å²) in [5, 5.41) is 0. The number of sulfonamides is 1. The number of halogens is 1. The molecule has 31 heavy (non-hydrogen) atoms. The molecule has 1 aliphatic rings. The lowest BCUT2D eigenvalue weighted by atomic mass is 10.2. The number of nitrogens with one attached hydrogen (secondary N) is 1. The van der Waals surface area contributed by atoms with E-state index in [1.165, 1.54) is 30.0 Å². The van der Waals surface area contributed by atoms with Crippen molar-refractivity contribution in [2.45, 2.75) is 31.3 Å². The van der Waals surface area contributed by atoms with Crippen molar-refractivity contribution in [3.8, 4) is 0 Å². The van der Waals surface area contributed by atoms with Crippen molar-refractivity contribution in [3.63, 3.8) is 0 Å². The number of likely N-dealkylation sites (N-methyl/N-ethyl adjacent to an activating group) is 1. The summed E-state index contributed by atoms with van der Waals surface area (Å²) in [7, 11) is -3.72. The molecule has 3 rings (SSSR count). The van der Waals surface area contributed by atoms with Crippen LogP contribution >= 0.6 is 0 Å². The SMILES string of the molecule is CCN(Cc1cccc(F)c1)C(=O)COC(=O)[C@H](C)N=C1NS(=O)(=O)c2ccccc21. The number of amidine groups is 1. The molecule has 0 fully saturated rings. The number of carbonyl (C=O) groups is 2. The molecule has 1 N–H and O–H groups in total. The number of fused-ring (bicyclic) bond motifs is 1. The zero-order valence-corrected chi connectivity index (χ0v) is 17.9. The lowest BCUT2D eigenvalue weighted by molar-refractivity contribution is -0.152. The largest absolute Gasteiger partial charge is 0.454 e. The Balaban J connectivity index is 1.61. The molecular formula is C21H22FN3O5S. The highest BCUT2D eigenvalue weighted by atomic mass is 32.2. The Morgan fingerprint density at radius 1 is 1.19 bits per heavy atom. The number of nitrogens with zero attached hydrogens (tertiary/aromatic N) is 2. The van der Waals surface area contributed by atoms with Gasteiger partial charge in [0.15, 0.2) is 6.61 Å². The van der Waals surface area contributed by atoms with Gasteiger partial charge in [0.2, 0.25) is 0 Å². The first-order chi connectivity index (χ1) is 14.7. The second-order valence-corrected chi connectivity index (χ2v) is 8.55. The van der Waals surface area contributed by atoms with Gasteiger partial charge in [-0.05, 0) is 43.7 Å². The number of hydrogen-bond donors (Lipinski definition) is 1. The second-order valence-electron chi connectivity index (χ2n) is 6.90. The van der Waals surface area contributed by atoms with Crippen molar-refractivity contribution in [3.05, 3.63) is 65.5 Å². The minimum atomic E-state index is -3.72. The highest BCUT2D eigenvalue weighted by Crippen LogP contribution is 2.22. The molecule has 0 bridgehead atoms. The second kappa shape index (κ2) is 9.25. The van der Waals surface area contributed by atoms with Crippen molar-refractivity contribution in [1.82, 2.24) is 9.62 Å². The molecule has 8 nitrogen and oxygen atoms in total. The number of rotatable bonds is 7. The third-order valence-electron chi connectivity index (χ3n) is 4.66. The van der Waals surface area contributed by atoms with Crippen molar-refractivity contribution in [2.75, 3.05) is 13.2 Å². The molecule has 1 heterocycles.